The fourth-order valence-electron chi connectivity index (χ4n) is 3.20. The van der Waals surface area contributed by atoms with Crippen LogP contribution in [-0.2, 0) is 0 Å². The molecule has 0 aliphatic heterocycles. The first-order valence-electron chi connectivity index (χ1n) is 5.96. The molecule has 2 rings (SSSR count). The van der Waals surface area contributed by atoms with Crippen molar-refractivity contribution in [3.8, 4) is 6.07 Å². The largest absolute Gasteiger partial charge is 0.302 e. The molecule has 0 heterocycles. The minimum atomic E-state index is 0.0779. The molecule has 14 heavy (non-hydrogen) atoms. The Morgan fingerprint density at radius 1 is 1.43 bits per heavy atom. The van der Waals surface area contributed by atoms with Gasteiger partial charge in [0.1, 0.15) is 0 Å². The molecule has 0 amide bonds. The Balaban J connectivity index is 1.74. The van der Waals surface area contributed by atoms with Crippen molar-refractivity contribution in [2.75, 3.05) is 6.54 Å². The third kappa shape index (κ3) is 1.93. The lowest BCUT2D eigenvalue weighted by atomic mass is 9.88. The van der Waals surface area contributed by atoms with E-state index in [1.807, 2.05) is 0 Å². The summed E-state index contributed by atoms with van der Waals surface area (Å²) in [5, 5.41) is 12.2. The second kappa shape index (κ2) is 4.31. The molecule has 2 aliphatic carbocycles. The highest BCUT2D eigenvalue weighted by Gasteiger charge is 2.39. The Kier molecular flexibility index (Phi) is 3.08. The predicted octanol–water partition coefficient (Wildman–Crippen LogP) is 2.31. The van der Waals surface area contributed by atoms with Gasteiger partial charge in [-0.05, 0) is 50.0 Å². The van der Waals surface area contributed by atoms with Gasteiger partial charge >= 0.3 is 0 Å². The Morgan fingerprint density at radius 2 is 2.29 bits per heavy atom. The van der Waals surface area contributed by atoms with Crippen LogP contribution in [-0.4, -0.2) is 12.6 Å². The molecule has 0 spiro atoms. The van der Waals surface area contributed by atoms with Gasteiger partial charge < -0.3 is 5.32 Å². The maximum absolute atomic E-state index is 8.82. The molecule has 0 aromatic heterocycles. The second-order valence-corrected chi connectivity index (χ2v) is 4.93. The molecule has 0 aromatic rings. The maximum atomic E-state index is 8.82. The number of nitriles is 1. The van der Waals surface area contributed by atoms with E-state index >= 15 is 0 Å². The molecule has 2 fully saturated rings. The standard InChI is InChI=1S/C12H20N2/c1-2-12(7-13)14-8-11-6-9-3-4-10(11)5-9/h9-12,14H,2-6,8H2,1H3. The van der Waals surface area contributed by atoms with Crippen molar-refractivity contribution in [1.29, 1.82) is 5.26 Å². The van der Waals surface area contributed by atoms with Crippen LogP contribution in [0.4, 0.5) is 0 Å². The van der Waals surface area contributed by atoms with Gasteiger partial charge in [0.25, 0.3) is 0 Å². The van der Waals surface area contributed by atoms with Crippen molar-refractivity contribution in [3.63, 3.8) is 0 Å². The molecule has 4 unspecified atom stereocenters. The first-order valence-corrected chi connectivity index (χ1v) is 5.96. The van der Waals surface area contributed by atoms with E-state index in [4.69, 9.17) is 5.26 Å². The Morgan fingerprint density at radius 3 is 2.79 bits per heavy atom. The number of nitrogens with one attached hydrogen (secondary N) is 1. The Hall–Kier alpha value is -0.550. The van der Waals surface area contributed by atoms with Gasteiger partial charge in [0, 0.05) is 0 Å². The van der Waals surface area contributed by atoms with Gasteiger partial charge in [-0.25, -0.2) is 0 Å². The molecule has 0 radical (unpaired) electrons. The molecule has 2 heteroatoms. The van der Waals surface area contributed by atoms with Crippen LogP contribution >= 0.6 is 0 Å². The molecule has 1 N–H and O–H groups in total. The lowest BCUT2D eigenvalue weighted by Gasteiger charge is -2.23. The van der Waals surface area contributed by atoms with Gasteiger partial charge in [0.05, 0.1) is 12.1 Å². The summed E-state index contributed by atoms with van der Waals surface area (Å²) in [5.74, 6) is 2.87. The zero-order valence-corrected chi connectivity index (χ0v) is 9.00. The average Bonchev–Trinajstić information content (AvgIpc) is 2.80. The first-order chi connectivity index (χ1) is 6.83. The van der Waals surface area contributed by atoms with Crippen LogP contribution in [0.1, 0.15) is 39.0 Å². The van der Waals surface area contributed by atoms with Crippen LogP contribution in [0.25, 0.3) is 0 Å². The van der Waals surface area contributed by atoms with E-state index in [0.717, 1.165) is 30.7 Å². The molecule has 0 saturated heterocycles. The third-order valence-corrected chi connectivity index (χ3v) is 4.08. The number of rotatable bonds is 4. The summed E-state index contributed by atoms with van der Waals surface area (Å²) in [6.45, 7) is 3.15. The van der Waals surface area contributed by atoms with E-state index in [1.54, 1.807) is 0 Å². The summed E-state index contributed by atoms with van der Waals surface area (Å²) in [5.41, 5.74) is 0. The van der Waals surface area contributed by atoms with E-state index < -0.39 is 0 Å². The quantitative estimate of drug-likeness (QED) is 0.742. The molecule has 2 bridgehead atoms. The minimum absolute atomic E-state index is 0.0779. The van der Waals surface area contributed by atoms with Crippen molar-refractivity contribution >= 4 is 0 Å². The Labute approximate surface area is 86.7 Å². The monoisotopic (exact) mass is 192 g/mol. The second-order valence-electron chi connectivity index (χ2n) is 4.93. The van der Waals surface area contributed by atoms with Gasteiger partial charge in [-0.1, -0.05) is 13.3 Å². The van der Waals surface area contributed by atoms with Crippen LogP contribution < -0.4 is 5.32 Å². The molecule has 0 aromatic carbocycles. The molecule has 2 nitrogen and oxygen atoms in total. The topological polar surface area (TPSA) is 35.8 Å². The summed E-state index contributed by atoms with van der Waals surface area (Å²) in [7, 11) is 0. The molecule has 4 atom stereocenters. The summed E-state index contributed by atoms with van der Waals surface area (Å²) in [4.78, 5) is 0. The fraction of sp³-hybridized carbons (Fsp3) is 0.917. The highest BCUT2D eigenvalue weighted by Crippen LogP contribution is 2.47. The SMILES string of the molecule is CCC(C#N)NCC1CC2CCC1C2. The summed E-state index contributed by atoms with van der Waals surface area (Å²) in [6.07, 6.45) is 6.73. The normalized spacial score (nSPS) is 37.0. The van der Waals surface area contributed by atoms with Gasteiger partial charge in [0.2, 0.25) is 0 Å². The van der Waals surface area contributed by atoms with E-state index in [9.17, 15) is 0 Å². The van der Waals surface area contributed by atoms with Crippen LogP contribution in [0.5, 0.6) is 0 Å². The van der Waals surface area contributed by atoms with Crippen molar-refractivity contribution in [3.05, 3.63) is 0 Å². The van der Waals surface area contributed by atoms with Crippen LogP contribution in [0.15, 0.2) is 0 Å². The van der Waals surface area contributed by atoms with Gasteiger partial charge in [0.15, 0.2) is 0 Å². The number of hydrogen-bond acceptors (Lipinski definition) is 2. The molecule has 78 valence electrons. The summed E-state index contributed by atoms with van der Waals surface area (Å²) >= 11 is 0. The fourth-order valence-corrected chi connectivity index (χ4v) is 3.20. The zero-order chi connectivity index (χ0) is 9.97. The molecule has 2 saturated carbocycles. The highest BCUT2D eigenvalue weighted by atomic mass is 14.9. The van der Waals surface area contributed by atoms with Gasteiger partial charge in [-0.15, -0.1) is 0 Å². The number of fused-ring (bicyclic) bond motifs is 2. The van der Waals surface area contributed by atoms with E-state index in [2.05, 4.69) is 18.3 Å². The predicted molar refractivity (Wildman–Crippen MR) is 56.6 cm³/mol. The summed E-state index contributed by atoms with van der Waals surface area (Å²) in [6, 6.07) is 2.39. The van der Waals surface area contributed by atoms with E-state index in [-0.39, 0.29) is 6.04 Å². The van der Waals surface area contributed by atoms with Crippen LogP contribution in [0.2, 0.25) is 0 Å². The van der Waals surface area contributed by atoms with Crippen molar-refractivity contribution in [2.45, 2.75) is 45.1 Å². The van der Waals surface area contributed by atoms with Crippen molar-refractivity contribution in [1.82, 2.24) is 5.32 Å². The number of hydrogen-bond donors (Lipinski definition) is 1. The molecular weight excluding hydrogens is 172 g/mol. The van der Waals surface area contributed by atoms with Gasteiger partial charge in [-0.2, -0.15) is 5.26 Å². The minimum Gasteiger partial charge on any atom is -0.302 e. The number of nitrogens with zero attached hydrogens (tertiary/aromatic N) is 1. The van der Waals surface area contributed by atoms with E-state index in [0.29, 0.717) is 0 Å². The lowest BCUT2D eigenvalue weighted by Crippen LogP contribution is -2.33. The Bertz CT molecular complexity index is 231. The zero-order valence-electron chi connectivity index (χ0n) is 9.00. The average molecular weight is 192 g/mol. The third-order valence-electron chi connectivity index (χ3n) is 4.08. The van der Waals surface area contributed by atoms with Crippen molar-refractivity contribution < 1.29 is 0 Å². The smallest absolute Gasteiger partial charge is 0.0950 e. The van der Waals surface area contributed by atoms with E-state index in [1.165, 1.54) is 25.7 Å². The molecule has 2 aliphatic rings. The van der Waals surface area contributed by atoms with Gasteiger partial charge in [-0.3, -0.25) is 0 Å². The summed E-state index contributed by atoms with van der Waals surface area (Å²) < 4.78 is 0. The van der Waals surface area contributed by atoms with Crippen molar-refractivity contribution in [2.24, 2.45) is 17.8 Å². The van der Waals surface area contributed by atoms with Crippen LogP contribution in [0, 0.1) is 29.1 Å². The van der Waals surface area contributed by atoms with Crippen LogP contribution in [0.3, 0.4) is 0 Å². The first kappa shape index (κ1) is 9.98. The lowest BCUT2D eigenvalue weighted by molar-refractivity contribution is 0.312. The maximum Gasteiger partial charge on any atom is 0.0950 e. The highest BCUT2D eigenvalue weighted by molar-refractivity contribution is 4.94. The molecular formula is C12H20N2.